The maximum Gasteiger partial charge on any atom is 0.266 e. The highest BCUT2D eigenvalue weighted by Crippen LogP contribution is 2.32. The Morgan fingerprint density at radius 3 is 2.71 bits per heavy atom. The van der Waals surface area contributed by atoms with E-state index in [0.29, 0.717) is 9.23 Å². The Morgan fingerprint density at radius 1 is 1.39 bits per heavy atom. The number of thiocarbonyl (C=S) groups is 1. The van der Waals surface area contributed by atoms with E-state index in [9.17, 15) is 18.0 Å². The predicted molar refractivity (Wildman–Crippen MR) is 112 cm³/mol. The molecule has 0 spiro atoms. The van der Waals surface area contributed by atoms with Gasteiger partial charge in [0, 0.05) is 18.4 Å². The summed E-state index contributed by atoms with van der Waals surface area (Å²) in [6.45, 7) is 0.139. The largest absolute Gasteiger partial charge is 0.497 e. The number of hydrogen-bond acceptors (Lipinski definition) is 7. The van der Waals surface area contributed by atoms with Crippen LogP contribution in [-0.2, 0) is 19.4 Å². The molecule has 28 heavy (non-hydrogen) atoms. The van der Waals surface area contributed by atoms with Gasteiger partial charge in [-0.25, -0.2) is 8.42 Å². The van der Waals surface area contributed by atoms with Crippen LogP contribution in [0.4, 0.5) is 0 Å². The van der Waals surface area contributed by atoms with E-state index in [1.807, 2.05) is 12.1 Å². The van der Waals surface area contributed by atoms with E-state index in [2.05, 4.69) is 5.32 Å². The normalized spacial score (nSPS) is 22.1. The molecule has 1 atom stereocenters. The molecule has 2 aliphatic rings. The number of methoxy groups -OCH3 is 1. The zero-order valence-corrected chi connectivity index (χ0v) is 17.4. The van der Waals surface area contributed by atoms with Crippen LogP contribution in [-0.4, -0.2) is 54.9 Å². The third-order valence-corrected chi connectivity index (χ3v) is 6.90. The first kappa shape index (κ1) is 20.6. The van der Waals surface area contributed by atoms with Crippen molar-refractivity contribution in [1.82, 2.24) is 10.2 Å². The second-order valence-electron chi connectivity index (χ2n) is 6.19. The van der Waals surface area contributed by atoms with E-state index in [-0.39, 0.29) is 30.5 Å². The van der Waals surface area contributed by atoms with Gasteiger partial charge in [-0.3, -0.25) is 14.5 Å². The second kappa shape index (κ2) is 8.46. The summed E-state index contributed by atoms with van der Waals surface area (Å²) in [4.78, 5) is 26.5. The summed E-state index contributed by atoms with van der Waals surface area (Å²) >= 11 is 6.45. The second-order valence-corrected chi connectivity index (χ2v) is 9.80. The van der Waals surface area contributed by atoms with Gasteiger partial charge >= 0.3 is 0 Å². The molecule has 1 fully saturated rings. The molecule has 2 amide bonds. The Balaban J connectivity index is 1.57. The number of thioether (sulfide) groups is 1. The summed E-state index contributed by atoms with van der Waals surface area (Å²) in [5, 5.41) is 3.73. The van der Waals surface area contributed by atoms with Crippen molar-refractivity contribution in [1.29, 1.82) is 0 Å². The molecule has 1 N–H and O–H groups in total. The average Bonchev–Trinajstić information content (AvgIpc) is 3.12. The maximum absolute atomic E-state index is 12.6. The minimum absolute atomic E-state index is 0.0344. The molecule has 2 heterocycles. The summed E-state index contributed by atoms with van der Waals surface area (Å²) in [6, 6.07) is 6.74. The third-order valence-electron chi connectivity index (χ3n) is 4.13. The number of amides is 2. The molecule has 7 nitrogen and oxygen atoms in total. The number of carbonyl (C=O) groups is 2. The Kier molecular flexibility index (Phi) is 6.21. The van der Waals surface area contributed by atoms with E-state index in [4.69, 9.17) is 17.0 Å². The van der Waals surface area contributed by atoms with Gasteiger partial charge in [-0.15, -0.1) is 0 Å². The molecule has 0 bridgehead atoms. The summed E-state index contributed by atoms with van der Waals surface area (Å²) in [5.74, 6) is 0.00669. The molecule has 2 aliphatic heterocycles. The maximum atomic E-state index is 12.6. The van der Waals surface area contributed by atoms with Crippen molar-refractivity contribution < 1.29 is 22.7 Å². The number of nitrogens with one attached hydrogen (secondary N) is 1. The number of benzene rings is 1. The molecule has 0 aromatic heterocycles. The molecule has 0 unspecified atom stereocenters. The standard InChI is InChI=1S/C18H18N2O5S3/c1-25-14-4-2-12(3-5-14)10-15-17(22)20(18(26)27-15)8-6-16(21)19-13-7-9-28(23,24)11-13/h2-5,7,9-10,13H,6,8,11H2,1H3,(H,19,21)/b15-10+/t13-/m1/s1. The van der Waals surface area contributed by atoms with Crippen LogP contribution in [0.25, 0.3) is 6.08 Å². The molecule has 1 aromatic rings. The Morgan fingerprint density at radius 2 is 2.11 bits per heavy atom. The van der Waals surface area contributed by atoms with Gasteiger partial charge < -0.3 is 10.1 Å². The van der Waals surface area contributed by atoms with E-state index >= 15 is 0 Å². The quantitative estimate of drug-likeness (QED) is 0.534. The minimum Gasteiger partial charge on any atom is -0.497 e. The van der Waals surface area contributed by atoms with Crippen molar-refractivity contribution in [3.05, 3.63) is 46.2 Å². The van der Waals surface area contributed by atoms with Crippen molar-refractivity contribution in [2.45, 2.75) is 12.5 Å². The van der Waals surface area contributed by atoms with Crippen LogP contribution in [0.5, 0.6) is 5.75 Å². The zero-order valence-electron chi connectivity index (χ0n) is 15.0. The van der Waals surface area contributed by atoms with Crippen LogP contribution in [0.1, 0.15) is 12.0 Å². The topological polar surface area (TPSA) is 92.8 Å². The SMILES string of the molecule is COc1ccc(/C=C2/SC(=S)N(CCC(=O)N[C@@H]3C=CS(=O)(=O)C3)C2=O)cc1. The van der Waals surface area contributed by atoms with Gasteiger partial charge in [-0.1, -0.05) is 36.1 Å². The molecule has 3 rings (SSSR count). The summed E-state index contributed by atoms with van der Waals surface area (Å²) in [6.07, 6.45) is 3.23. The van der Waals surface area contributed by atoms with Gasteiger partial charge in [0.15, 0.2) is 9.84 Å². The van der Waals surface area contributed by atoms with Crippen LogP contribution in [0.15, 0.2) is 40.7 Å². The lowest BCUT2D eigenvalue weighted by Gasteiger charge is -2.15. The lowest BCUT2D eigenvalue weighted by Crippen LogP contribution is -2.38. The Labute approximate surface area is 172 Å². The van der Waals surface area contributed by atoms with Crippen molar-refractivity contribution >= 4 is 56.0 Å². The fourth-order valence-electron chi connectivity index (χ4n) is 2.70. The third kappa shape index (κ3) is 5.00. The molecular formula is C18H18N2O5S3. The molecule has 1 saturated heterocycles. The first-order chi connectivity index (χ1) is 13.3. The molecule has 0 saturated carbocycles. The van der Waals surface area contributed by atoms with E-state index in [1.54, 1.807) is 25.3 Å². The number of rotatable bonds is 6. The van der Waals surface area contributed by atoms with Crippen LogP contribution < -0.4 is 10.1 Å². The van der Waals surface area contributed by atoms with E-state index in [0.717, 1.165) is 16.7 Å². The first-order valence-electron chi connectivity index (χ1n) is 8.37. The van der Waals surface area contributed by atoms with Crippen LogP contribution in [0, 0.1) is 0 Å². The van der Waals surface area contributed by atoms with E-state index < -0.39 is 15.9 Å². The van der Waals surface area contributed by atoms with E-state index in [1.165, 1.54) is 22.7 Å². The van der Waals surface area contributed by atoms with Gasteiger partial charge in [-0.2, -0.15) is 0 Å². The molecule has 10 heteroatoms. The van der Waals surface area contributed by atoms with Crippen molar-refractivity contribution in [2.75, 3.05) is 19.4 Å². The average molecular weight is 439 g/mol. The fraction of sp³-hybridized carbons (Fsp3) is 0.278. The van der Waals surface area contributed by atoms with Gasteiger partial charge in [0.1, 0.15) is 10.1 Å². The van der Waals surface area contributed by atoms with Gasteiger partial charge in [0.05, 0.1) is 23.8 Å². The summed E-state index contributed by atoms with van der Waals surface area (Å²) in [7, 11) is -1.65. The highest BCUT2D eigenvalue weighted by atomic mass is 32.2. The fourth-order valence-corrected chi connectivity index (χ4v) is 5.25. The van der Waals surface area contributed by atoms with Gasteiger partial charge in [-0.05, 0) is 29.8 Å². The molecule has 0 radical (unpaired) electrons. The minimum atomic E-state index is -3.23. The summed E-state index contributed by atoms with van der Waals surface area (Å²) in [5.41, 5.74) is 0.841. The lowest BCUT2D eigenvalue weighted by molar-refractivity contribution is -0.124. The predicted octanol–water partition coefficient (Wildman–Crippen LogP) is 1.71. The Bertz CT molecular complexity index is 967. The van der Waals surface area contributed by atoms with Crippen molar-refractivity contribution in [3.8, 4) is 5.75 Å². The zero-order chi connectivity index (χ0) is 20.3. The number of hydrogen-bond donors (Lipinski definition) is 1. The van der Waals surface area contributed by atoms with Crippen molar-refractivity contribution in [3.63, 3.8) is 0 Å². The highest BCUT2D eigenvalue weighted by molar-refractivity contribution is 8.26. The number of ether oxygens (including phenoxy) is 1. The molecule has 0 aliphatic carbocycles. The van der Waals surface area contributed by atoms with Crippen molar-refractivity contribution in [2.24, 2.45) is 0 Å². The monoisotopic (exact) mass is 438 g/mol. The van der Waals surface area contributed by atoms with Crippen LogP contribution in [0.3, 0.4) is 0 Å². The van der Waals surface area contributed by atoms with Crippen LogP contribution >= 0.6 is 24.0 Å². The Hall–Kier alpha value is -2.17. The highest BCUT2D eigenvalue weighted by Gasteiger charge is 2.32. The first-order valence-corrected chi connectivity index (χ1v) is 11.3. The van der Waals surface area contributed by atoms with Gasteiger partial charge in [0.2, 0.25) is 5.91 Å². The number of nitrogens with zero attached hydrogens (tertiary/aromatic N) is 1. The van der Waals surface area contributed by atoms with Crippen LogP contribution in [0.2, 0.25) is 0 Å². The number of carbonyl (C=O) groups excluding carboxylic acids is 2. The summed E-state index contributed by atoms with van der Waals surface area (Å²) < 4.78 is 28.2. The lowest BCUT2D eigenvalue weighted by atomic mass is 10.2. The molecular weight excluding hydrogens is 420 g/mol. The smallest absolute Gasteiger partial charge is 0.266 e. The number of sulfone groups is 1. The molecule has 1 aromatic carbocycles. The molecule has 148 valence electrons. The van der Waals surface area contributed by atoms with Gasteiger partial charge in [0.25, 0.3) is 5.91 Å².